The molecule has 5 nitrogen and oxygen atoms in total. The fourth-order valence-electron chi connectivity index (χ4n) is 3.68. The summed E-state index contributed by atoms with van der Waals surface area (Å²) in [5, 5.41) is 2.98. The van der Waals surface area contributed by atoms with Crippen LogP contribution < -0.4 is 10.1 Å². The van der Waals surface area contributed by atoms with Crippen LogP contribution in [0.4, 0.5) is 5.69 Å². The summed E-state index contributed by atoms with van der Waals surface area (Å²) in [7, 11) is 0. The lowest BCUT2D eigenvalue weighted by atomic mass is 10.0. The van der Waals surface area contributed by atoms with Crippen molar-refractivity contribution in [1.82, 2.24) is 9.97 Å². The van der Waals surface area contributed by atoms with E-state index in [0.717, 1.165) is 50.5 Å². The Morgan fingerprint density at radius 3 is 2.65 bits per heavy atom. The zero-order chi connectivity index (χ0) is 22.0. The van der Waals surface area contributed by atoms with Crippen LogP contribution in [0.15, 0.2) is 60.7 Å². The third kappa shape index (κ3) is 4.45. The van der Waals surface area contributed by atoms with Gasteiger partial charge in [0.25, 0.3) is 5.91 Å². The van der Waals surface area contributed by atoms with E-state index in [1.54, 1.807) is 0 Å². The lowest BCUT2D eigenvalue weighted by Gasteiger charge is -2.15. The van der Waals surface area contributed by atoms with Crippen LogP contribution in [0.3, 0.4) is 0 Å². The number of H-pyrrole nitrogens is 1. The Morgan fingerprint density at radius 2 is 1.87 bits per heavy atom. The van der Waals surface area contributed by atoms with E-state index in [-0.39, 0.29) is 12.5 Å². The van der Waals surface area contributed by atoms with Gasteiger partial charge in [0, 0.05) is 11.3 Å². The standard InChI is InChI=1S/C26H27N3O2/c1-16(2)19-13-12-17(3)14-24(19)31-15-25(30)27-21-11-7-8-20(18(21)4)26-28-22-9-5-6-10-23(22)29-26/h5-14,16H,15H2,1-4H3,(H,27,30)(H,28,29). The minimum absolute atomic E-state index is 0.0442. The Hall–Kier alpha value is -3.60. The van der Waals surface area contributed by atoms with Crippen LogP contribution in [0.5, 0.6) is 5.75 Å². The van der Waals surface area contributed by atoms with Crippen LogP contribution in [0.25, 0.3) is 22.4 Å². The minimum atomic E-state index is -0.193. The molecule has 0 spiro atoms. The topological polar surface area (TPSA) is 67.0 Å². The van der Waals surface area contributed by atoms with E-state index in [4.69, 9.17) is 4.74 Å². The molecule has 4 aromatic rings. The molecule has 2 N–H and O–H groups in total. The van der Waals surface area contributed by atoms with E-state index >= 15 is 0 Å². The average Bonchev–Trinajstić information content (AvgIpc) is 3.17. The lowest BCUT2D eigenvalue weighted by molar-refractivity contribution is -0.118. The van der Waals surface area contributed by atoms with Crippen molar-refractivity contribution in [2.45, 2.75) is 33.6 Å². The summed E-state index contributed by atoms with van der Waals surface area (Å²) >= 11 is 0. The molecule has 4 rings (SSSR count). The quantitative estimate of drug-likeness (QED) is 0.408. The molecule has 0 saturated heterocycles. The smallest absolute Gasteiger partial charge is 0.262 e. The van der Waals surface area contributed by atoms with Crippen LogP contribution in [-0.2, 0) is 4.79 Å². The van der Waals surface area contributed by atoms with E-state index in [9.17, 15) is 4.79 Å². The molecular weight excluding hydrogens is 386 g/mol. The number of benzene rings is 3. The van der Waals surface area contributed by atoms with Crippen molar-refractivity contribution < 1.29 is 9.53 Å². The van der Waals surface area contributed by atoms with Crippen LogP contribution in [0.1, 0.15) is 36.5 Å². The van der Waals surface area contributed by atoms with E-state index in [0.29, 0.717) is 5.92 Å². The summed E-state index contributed by atoms with van der Waals surface area (Å²) < 4.78 is 5.88. The number of imidazole rings is 1. The SMILES string of the molecule is Cc1ccc(C(C)C)c(OCC(=O)Nc2cccc(-c3nc4ccccc4[nH]3)c2C)c1. The van der Waals surface area contributed by atoms with Crippen LogP contribution in [0, 0.1) is 13.8 Å². The van der Waals surface area contributed by atoms with E-state index in [1.807, 2.05) is 62.4 Å². The van der Waals surface area contributed by atoms with Gasteiger partial charge in [-0.15, -0.1) is 0 Å². The number of aromatic amines is 1. The first-order chi connectivity index (χ1) is 14.9. The molecule has 0 aliphatic carbocycles. The van der Waals surface area contributed by atoms with Gasteiger partial charge in [-0.3, -0.25) is 4.79 Å². The maximum Gasteiger partial charge on any atom is 0.262 e. The van der Waals surface area contributed by atoms with E-state index < -0.39 is 0 Å². The number of carbonyl (C=O) groups is 1. The summed E-state index contributed by atoms with van der Waals surface area (Å²) in [6.45, 7) is 8.19. The number of nitrogens with one attached hydrogen (secondary N) is 2. The Bertz CT molecular complexity index is 1210. The Kier molecular flexibility index (Phi) is 5.76. The second kappa shape index (κ2) is 8.64. The number of rotatable bonds is 6. The summed E-state index contributed by atoms with van der Waals surface area (Å²) in [5.74, 6) is 1.67. The zero-order valence-corrected chi connectivity index (χ0v) is 18.3. The summed E-state index contributed by atoms with van der Waals surface area (Å²) in [6, 6.07) is 19.8. The number of aryl methyl sites for hydroxylation is 1. The Morgan fingerprint density at radius 1 is 1.06 bits per heavy atom. The highest BCUT2D eigenvalue weighted by Gasteiger charge is 2.14. The molecule has 0 atom stereocenters. The number of anilines is 1. The number of hydrogen-bond donors (Lipinski definition) is 2. The van der Waals surface area contributed by atoms with Gasteiger partial charge < -0.3 is 15.0 Å². The molecule has 31 heavy (non-hydrogen) atoms. The highest BCUT2D eigenvalue weighted by molar-refractivity contribution is 5.94. The fraction of sp³-hybridized carbons (Fsp3) is 0.231. The third-order valence-electron chi connectivity index (χ3n) is 5.40. The predicted molar refractivity (Wildman–Crippen MR) is 126 cm³/mol. The number of aromatic nitrogens is 2. The molecule has 1 heterocycles. The van der Waals surface area contributed by atoms with E-state index in [1.165, 1.54) is 0 Å². The summed E-state index contributed by atoms with van der Waals surface area (Å²) in [5.41, 5.74) is 6.76. The van der Waals surface area contributed by atoms with Gasteiger partial charge in [0.05, 0.1) is 11.0 Å². The van der Waals surface area contributed by atoms with Crippen molar-refractivity contribution >= 4 is 22.6 Å². The fourth-order valence-corrected chi connectivity index (χ4v) is 3.68. The highest BCUT2D eigenvalue weighted by Crippen LogP contribution is 2.29. The highest BCUT2D eigenvalue weighted by atomic mass is 16.5. The molecule has 0 radical (unpaired) electrons. The molecule has 0 unspecified atom stereocenters. The number of hydrogen-bond acceptors (Lipinski definition) is 3. The first kappa shape index (κ1) is 20.7. The van der Waals surface area contributed by atoms with Gasteiger partial charge >= 0.3 is 0 Å². The summed E-state index contributed by atoms with van der Waals surface area (Å²) in [4.78, 5) is 20.7. The number of amides is 1. The number of nitrogens with zero attached hydrogens (tertiary/aromatic N) is 1. The van der Waals surface area contributed by atoms with Crippen molar-refractivity contribution in [2.24, 2.45) is 0 Å². The van der Waals surface area contributed by atoms with Crippen molar-refractivity contribution in [3.63, 3.8) is 0 Å². The minimum Gasteiger partial charge on any atom is -0.483 e. The molecule has 3 aromatic carbocycles. The molecule has 1 amide bonds. The second-order valence-corrected chi connectivity index (χ2v) is 8.11. The largest absolute Gasteiger partial charge is 0.483 e. The molecule has 0 fully saturated rings. The molecular formula is C26H27N3O2. The lowest BCUT2D eigenvalue weighted by Crippen LogP contribution is -2.21. The molecule has 5 heteroatoms. The molecule has 0 aliphatic heterocycles. The normalized spacial score (nSPS) is 11.1. The number of ether oxygens (including phenoxy) is 1. The third-order valence-corrected chi connectivity index (χ3v) is 5.40. The van der Waals surface area contributed by atoms with Gasteiger partial charge in [-0.25, -0.2) is 4.98 Å². The number of para-hydroxylation sites is 2. The van der Waals surface area contributed by atoms with Crippen LogP contribution >= 0.6 is 0 Å². The van der Waals surface area contributed by atoms with Crippen molar-refractivity contribution in [1.29, 1.82) is 0 Å². The second-order valence-electron chi connectivity index (χ2n) is 8.11. The average molecular weight is 414 g/mol. The maximum atomic E-state index is 12.6. The van der Waals surface area contributed by atoms with Gasteiger partial charge in [-0.2, -0.15) is 0 Å². The summed E-state index contributed by atoms with van der Waals surface area (Å²) in [6.07, 6.45) is 0. The molecule has 158 valence electrons. The van der Waals surface area contributed by atoms with Gasteiger partial charge in [0.15, 0.2) is 6.61 Å². The number of carbonyl (C=O) groups excluding carboxylic acids is 1. The molecule has 0 saturated carbocycles. The van der Waals surface area contributed by atoms with Gasteiger partial charge in [0.1, 0.15) is 11.6 Å². The molecule has 0 bridgehead atoms. The predicted octanol–water partition coefficient (Wildman–Crippen LogP) is 5.99. The maximum absolute atomic E-state index is 12.6. The van der Waals surface area contributed by atoms with Crippen LogP contribution in [-0.4, -0.2) is 22.5 Å². The number of fused-ring (bicyclic) bond motifs is 1. The monoisotopic (exact) mass is 413 g/mol. The first-order valence-electron chi connectivity index (χ1n) is 10.5. The van der Waals surface area contributed by atoms with Gasteiger partial charge in [-0.05, 0) is 60.7 Å². The molecule has 0 aliphatic rings. The Labute approximate surface area is 182 Å². The van der Waals surface area contributed by atoms with Crippen molar-refractivity contribution in [3.8, 4) is 17.1 Å². The zero-order valence-electron chi connectivity index (χ0n) is 18.3. The van der Waals surface area contributed by atoms with Crippen molar-refractivity contribution in [2.75, 3.05) is 11.9 Å². The molecule has 1 aromatic heterocycles. The van der Waals surface area contributed by atoms with E-state index in [2.05, 4.69) is 41.3 Å². The van der Waals surface area contributed by atoms with Crippen LogP contribution in [0.2, 0.25) is 0 Å². The van der Waals surface area contributed by atoms with Gasteiger partial charge in [0.2, 0.25) is 0 Å². The first-order valence-corrected chi connectivity index (χ1v) is 10.5. The van der Waals surface area contributed by atoms with Gasteiger partial charge in [-0.1, -0.05) is 50.2 Å². The Balaban J connectivity index is 1.50. The van der Waals surface area contributed by atoms with Crippen molar-refractivity contribution in [3.05, 3.63) is 77.4 Å².